The Kier molecular flexibility index (Phi) is 16.4. The highest BCUT2D eigenvalue weighted by atomic mass is 35.5. The second kappa shape index (κ2) is 21.3. The molecule has 0 bridgehead atoms. The summed E-state index contributed by atoms with van der Waals surface area (Å²) in [6.45, 7) is 2.22. The Morgan fingerprint density at radius 2 is 0.774 bits per heavy atom. The summed E-state index contributed by atoms with van der Waals surface area (Å²) in [5.41, 5.74) is 0.714. The number of benzene rings is 5. The average Bonchev–Trinajstić information content (AvgIpc) is 3.20. The predicted octanol–water partition coefficient (Wildman–Crippen LogP) is 12.8. The lowest BCUT2D eigenvalue weighted by Crippen LogP contribution is -2.32. The fraction of sp³-hybridized carbons (Fsp3) is 0.100. The van der Waals surface area contributed by atoms with Gasteiger partial charge in [0.2, 0.25) is 12.1 Å². The second-order valence-corrected chi connectivity index (χ2v) is 16.0. The fourth-order valence-electron chi connectivity index (χ4n) is 5.07. The van der Waals surface area contributed by atoms with Crippen molar-refractivity contribution in [3.8, 4) is 0 Å². The molecule has 0 radical (unpaired) electrons. The third kappa shape index (κ3) is 12.5. The molecule has 5 aromatic carbocycles. The molecule has 2 unspecified atom stereocenters. The van der Waals surface area contributed by atoms with E-state index in [1.165, 1.54) is 84.9 Å². The van der Waals surface area contributed by atoms with Crippen LogP contribution in [0.25, 0.3) is 0 Å². The van der Waals surface area contributed by atoms with Gasteiger partial charge in [-0.2, -0.15) is 20.5 Å². The number of Topliss-reactive ketones (excluding diaryl/α,β-unsaturated/α-hetero) is 2. The van der Waals surface area contributed by atoms with Gasteiger partial charge in [0.25, 0.3) is 23.6 Å². The molecule has 0 aliphatic rings. The van der Waals surface area contributed by atoms with Crippen molar-refractivity contribution < 1.29 is 28.8 Å². The second-order valence-electron chi connectivity index (χ2n) is 12.7. The van der Waals surface area contributed by atoms with E-state index < -0.39 is 47.3 Å². The van der Waals surface area contributed by atoms with Crippen LogP contribution < -0.4 is 21.3 Å². The van der Waals surface area contributed by atoms with Crippen molar-refractivity contribution in [2.45, 2.75) is 25.9 Å². The van der Waals surface area contributed by atoms with Crippen molar-refractivity contribution in [3.63, 3.8) is 0 Å². The van der Waals surface area contributed by atoms with Crippen LogP contribution in [0.5, 0.6) is 0 Å². The van der Waals surface area contributed by atoms with Crippen LogP contribution in [0, 0.1) is 0 Å². The lowest BCUT2D eigenvalue weighted by Gasteiger charge is -2.15. The average molecular weight is 998 g/mol. The van der Waals surface area contributed by atoms with E-state index in [0.29, 0.717) is 21.4 Å². The normalized spacial score (nSPS) is 12.2. The number of nitrogens with one attached hydrogen (secondary N) is 4. The molecule has 318 valence electrons. The molecule has 0 heterocycles. The summed E-state index contributed by atoms with van der Waals surface area (Å²) in [4.78, 5) is 77.5. The van der Waals surface area contributed by atoms with E-state index in [0.717, 1.165) is 13.8 Å². The van der Waals surface area contributed by atoms with Crippen molar-refractivity contribution in [3.05, 3.63) is 136 Å². The third-order valence-electron chi connectivity index (χ3n) is 8.16. The first-order valence-electron chi connectivity index (χ1n) is 17.4. The van der Waals surface area contributed by atoms with Gasteiger partial charge >= 0.3 is 0 Å². The van der Waals surface area contributed by atoms with Crippen molar-refractivity contribution in [1.82, 2.24) is 0 Å². The minimum Gasteiger partial charge on any atom is -0.322 e. The van der Waals surface area contributed by atoms with Gasteiger partial charge < -0.3 is 21.3 Å². The highest BCUT2D eigenvalue weighted by Gasteiger charge is 2.27. The topological polar surface area (TPSA) is 200 Å². The summed E-state index contributed by atoms with van der Waals surface area (Å²) in [7, 11) is 0. The minimum absolute atomic E-state index is 0.00338. The van der Waals surface area contributed by atoms with Crippen molar-refractivity contribution in [1.29, 1.82) is 0 Å². The number of hydrogen-bond donors (Lipinski definition) is 4. The van der Waals surface area contributed by atoms with Gasteiger partial charge in [-0.25, -0.2) is 0 Å². The Labute approximate surface area is 392 Å². The number of ketones is 2. The first-order valence-corrected chi connectivity index (χ1v) is 20.4. The summed E-state index contributed by atoms with van der Waals surface area (Å²) in [6.07, 6.45) is 0. The molecule has 5 rings (SSSR count). The highest BCUT2D eigenvalue weighted by molar-refractivity contribution is 6.43. The van der Waals surface area contributed by atoms with E-state index in [4.69, 9.17) is 92.8 Å². The van der Waals surface area contributed by atoms with Crippen LogP contribution in [-0.4, -0.2) is 47.3 Å². The van der Waals surface area contributed by atoms with E-state index in [-0.39, 0.29) is 64.0 Å². The molecule has 22 heteroatoms. The van der Waals surface area contributed by atoms with Crippen LogP contribution in [0.2, 0.25) is 40.2 Å². The summed E-state index contributed by atoms with van der Waals surface area (Å²) >= 11 is 49.3. The molecule has 62 heavy (non-hydrogen) atoms. The largest absolute Gasteiger partial charge is 0.322 e. The molecular formula is C40H26Cl8N8O6. The zero-order chi connectivity index (χ0) is 45.4. The number of anilines is 4. The number of carbonyl (C=O) groups is 6. The van der Waals surface area contributed by atoms with Gasteiger partial charge in [0.1, 0.15) is 0 Å². The molecule has 4 amide bonds. The van der Waals surface area contributed by atoms with Crippen LogP contribution in [0.4, 0.5) is 34.1 Å². The van der Waals surface area contributed by atoms with Crippen LogP contribution in [-0.2, 0) is 19.2 Å². The van der Waals surface area contributed by atoms with Crippen LogP contribution >= 0.6 is 92.8 Å². The van der Waals surface area contributed by atoms with Gasteiger partial charge in [-0.3, -0.25) is 28.8 Å². The third-order valence-corrected chi connectivity index (χ3v) is 10.9. The Morgan fingerprint density at radius 1 is 0.419 bits per heavy atom. The van der Waals surface area contributed by atoms with Gasteiger partial charge in [-0.05, 0) is 98.8 Å². The first kappa shape index (κ1) is 47.9. The number of rotatable bonds is 14. The Hall–Kier alpha value is -5.16. The Morgan fingerprint density at radius 3 is 1.11 bits per heavy atom. The highest BCUT2D eigenvalue weighted by Crippen LogP contribution is 2.34. The molecule has 0 saturated carbocycles. The maximum Gasteiger partial charge on any atom is 0.258 e. The number of amides is 4. The van der Waals surface area contributed by atoms with E-state index in [1.54, 1.807) is 0 Å². The number of azo groups is 2. The summed E-state index contributed by atoms with van der Waals surface area (Å²) in [6, 6.07) is 16.2. The Balaban J connectivity index is 1.25. The van der Waals surface area contributed by atoms with Crippen LogP contribution in [0.15, 0.2) is 105 Å². The van der Waals surface area contributed by atoms with Gasteiger partial charge in [-0.1, -0.05) is 92.8 Å². The summed E-state index contributed by atoms with van der Waals surface area (Å²) < 4.78 is 0. The van der Waals surface area contributed by atoms with Crippen molar-refractivity contribution in [2.24, 2.45) is 20.5 Å². The molecule has 5 aromatic rings. The van der Waals surface area contributed by atoms with Gasteiger partial charge in [-0.15, -0.1) is 0 Å². The molecule has 14 nitrogen and oxygen atoms in total. The molecular weight excluding hydrogens is 972 g/mol. The number of halogens is 8. The van der Waals surface area contributed by atoms with Crippen molar-refractivity contribution >= 4 is 162 Å². The molecule has 4 N–H and O–H groups in total. The lowest BCUT2D eigenvalue weighted by atomic mass is 10.1. The molecule has 0 aromatic heterocycles. The van der Waals surface area contributed by atoms with Crippen LogP contribution in [0.1, 0.15) is 34.6 Å². The van der Waals surface area contributed by atoms with E-state index in [9.17, 15) is 28.8 Å². The molecule has 2 atom stereocenters. The van der Waals surface area contributed by atoms with E-state index in [1.807, 2.05) is 0 Å². The van der Waals surface area contributed by atoms with Gasteiger partial charge in [0, 0.05) is 11.4 Å². The fourth-order valence-corrected chi connectivity index (χ4v) is 6.49. The maximum atomic E-state index is 13.3. The molecule has 0 fully saturated rings. The van der Waals surface area contributed by atoms with E-state index >= 15 is 0 Å². The monoisotopic (exact) mass is 994 g/mol. The zero-order valence-corrected chi connectivity index (χ0v) is 37.5. The standard InChI is InChI=1S/C40H26Cl8N8O6/c1-17(57)35(55-53-21-5-7-25(41)23(11-21)37(59)49-19-3-9-27(43)29(45)13-19)39(61)51-33-15-32(48)34(16-31(33)47)52-40(62)36(18(2)58)56-54-22-6-8-26(42)24(12-22)38(60)50-20-4-10-28(44)30(46)14-20/h3-16,35-36H,1-2H3,(H,49,59)(H,50,60)(H,51,61)(H,52,62). The minimum atomic E-state index is -1.68. The molecule has 0 saturated heterocycles. The molecule has 0 spiro atoms. The lowest BCUT2D eigenvalue weighted by molar-refractivity contribution is -0.127. The summed E-state index contributed by atoms with van der Waals surface area (Å²) in [5, 5.41) is 26.8. The molecule has 0 aliphatic carbocycles. The zero-order valence-electron chi connectivity index (χ0n) is 31.5. The van der Waals surface area contributed by atoms with Gasteiger partial charge in [0.15, 0.2) is 11.6 Å². The van der Waals surface area contributed by atoms with Gasteiger partial charge in [0.05, 0.1) is 74.1 Å². The van der Waals surface area contributed by atoms with Crippen molar-refractivity contribution in [2.75, 3.05) is 21.3 Å². The Bertz CT molecular complexity index is 2530. The summed E-state index contributed by atoms with van der Waals surface area (Å²) in [5.74, 6) is -4.52. The maximum absolute atomic E-state index is 13.3. The quantitative estimate of drug-likeness (QED) is 0.0630. The smallest absolute Gasteiger partial charge is 0.258 e. The molecule has 0 aliphatic heterocycles. The number of nitrogens with zero attached hydrogens (tertiary/aromatic N) is 4. The predicted molar refractivity (Wildman–Crippen MR) is 243 cm³/mol. The van der Waals surface area contributed by atoms with E-state index in [2.05, 4.69) is 41.7 Å². The first-order chi connectivity index (χ1) is 29.3. The SMILES string of the molecule is CC(=O)C(N=Nc1ccc(Cl)c(C(=O)Nc2ccc(Cl)c(Cl)c2)c1)C(=O)Nc1cc(Cl)c(NC(=O)C(N=Nc2ccc(Cl)c(C(=O)Nc3ccc(Cl)c(Cl)c3)c2)C(C)=O)cc1Cl. The number of carbonyl (C=O) groups excluding carboxylic acids is 6. The van der Waals surface area contributed by atoms with Crippen LogP contribution in [0.3, 0.4) is 0 Å². The number of hydrogen-bond acceptors (Lipinski definition) is 10.